The maximum absolute atomic E-state index is 5.76. The van der Waals surface area contributed by atoms with Crippen molar-refractivity contribution >= 4 is 29.2 Å². The summed E-state index contributed by atoms with van der Waals surface area (Å²) in [6.45, 7) is 3.81. The Morgan fingerprint density at radius 3 is 2.64 bits per heavy atom. The van der Waals surface area contributed by atoms with E-state index in [4.69, 9.17) is 23.8 Å². The monoisotopic (exact) mass is 184 g/mol. The van der Waals surface area contributed by atoms with Crippen molar-refractivity contribution in [1.29, 1.82) is 0 Å². The van der Waals surface area contributed by atoms with E-state index < -0.39 is 0 Å². The molecule has 0 saturated heterocycles. The highest BCUT2D eigenvalue weighted by molar-refractivity contribution is 7.79. The first kappa shape index (κ1) is 8.62. The van der Waals surface area contributed by atoms with Gasteiger partial charge in [-0.2, -0.15) is 0 Å². The first-order valence-corrected chi connectivity index (χ1v) is 4.01. The van der Waals surface area contributed by atoms with Crippen LogP contribution in [0.5, 0.6) is 0 Å². The lowest BCUT2D eigenvalue weighted by atomic mass is 10.1. The summed E-state index contributed by atoms with van der Waals surface area (Å²) in [6.07, 6.45) is 2.78. The van der Waals surface area contributed by atoms with E-state index in [0.29, 0.717) is 5.15 Å². The largest absolute Gasteiger partial charge is 0.234 e. The van der Waals surface area contributed by atoms with Gasteiger partial charge in [0.05, 0.1) is 6.20 Å². The van der Waals surface area contributed by atoms with Gasteiger partial charge in [-0.15, -0.1) is 0 Å². The number of halogens is 1. The number of hydrogen-bond acceptors (Lipinski definition) is 2. The average Bonchev–Trinajstić information content (AvgIpc) is 1.99. The van der Waals surface area contributed by atoms with E-state index >= 15 is 0 Å². The van der Waals surface area contributed by atoms with Crippen molar-refractivity contribution in [2.24, 2.45) is 0 Å². The number of thiocarbonyl (C=S) groups is 1. The third-order valence-electron chi connectivity index (χ3n) is 1.56. The van der Waals surface area contributed by atoms with Crippen molar-refractivity contribution in [2.75, 3.05) is 0 Å². The van der Waals surface area contributed by atoms with E-state index in [-0.39, 0.29) is 0 Å². The molecule has 0 aliphatic rings. The number of hydrogen-bond donors (Lipinski definition) is 0. The zero-order valence-electron chi connectivity index (χ0n) is 6.31. The normalized spacial score (nSPS) is 9.73. The third kappa shape index (κ3) is 1.57. The van der Waals surface area contributed by atoms with Gasteiger partial charge in [0.15, 0.2) is 0 Å². The summed E-state index contributed by atoms with van der Waals surface area (Å²) < 4.78 is 0. The van der Waals surface area contributed by atoms with Gasteiger partial charge in [-0.25, -0.2) is 4.98 Å². The van der Waals surface area contributed by atoms with E-state index in [1.807, 2.05) is 13.8 Å². The van der Waals surface area contributed by atoms with Gasteiger partial charge in [-0.1, -0.05) is 23.8 Å². The van der Waals surface area contributed by atoms with Crippen LogP contribution < -0.4 is 0 Å². The van der Waals surface area contributed by atoms with Crippen LogP contribution in [0.15, 0.2) is 0 Å². The Labute approximate surface area is 76.4 Å². The third-order valence-corrected chi connectivity index (χ3v) is 2.16. The number of rotatable bonds is 1. The first-order chi connectivity index (χ1) is 5.16. The van der Waals surface area contributed by atoms with E-state index in [2.05, 4.69) is 11.2 Å². The highest BCUT2D eigenvalue weighted by atomic mass is 35.5. The van der Waals surface area contributed by atoms with Crippen LogP contribution in [0, 0.1) is 20.0 Å². The Morgan fingerprint density at radius 1 is 1.55 bits per heavy atom. The van der Waals surface area contributed by atoms with Crippen molar-refractivity contribution in [1.82, 2.24) is 4.98 Å². The Hall–Kier alpha value is -0.470. The molecule has 0 atom stereocenters. The summed E-state index contributed by atoms with van der Waals surface area (Å²) in [5.74, 6) is 0. The Balaban J connectivity index is 3.40. The van der Waals surface area contributed by atoms with E-state index in [1.165, 1.54) is 0 Å². The number of aryl methyl sites for hydroxylation is 1. The van der Waals surface area contributed by atoms with Crippen molar-refractivity contribution in [3.05, 3.63) is 28.0 Å². The predicted molar refractivity (Wildman–Crippen MR) is 50.3 cm³/mol. The summed E-state index contributed by atoms with van der Waals surface area (Å²) in [5.41, 5.74) is 2.83. The van der Waals surface area contributed by atoms with Crippen molar-refractivity contribution < 1.29 is 0 Å². The topological polar surface area (TPSA) is 12.9 Å². The molecule has 0 spiro atoms. The molecule has 0 amide bonds. The van der Waals surface area contributed by atoms with Gasteiger partial charge in [-0.3, -0.25) is 0 Å². The van der Waals surface area contributed by atoms with Crippen LogP contribution >= 0.6 is 23.8 Å². The fourth-order valence-electron chi connectivity index (χ4n) is 0.846. The van der Waals surface area contributed by atoms with Crippen molar-refractivity contribution in [3.8, 4) is 0 Å². The van der Waals surface area contributed by atoms with Crippen LogP contribution in [0.3, 0.4) is 0 Å². The molecule has 1 aromatic rings. The van der Waals surface area contributed by atoms with Crippen LogP contribution in [0.2, 0.25) is 5.15 Å². The van der Waals surface area contributed by atoms with Gasteiger partial charge in [0.1, 0.15) is 5.15 Å². The van der Waals surface area contributed by atoms with Crippen LogP contribution in [-0.2, 0) is 0 Å². The molecule has 1 nitrogen and oxygen atoms in total. The molecule has 1 aromatic heterocycles. The number of nitrogens with zero attached hydrogens (tertiary/aromatic N) is 1. The lowest BCUT2D eigenvalue weighted by Gasteiger charge is -2.03. The summed E-state index contributed by atoms with van der Waals surface area (Å²) >= 11 is 10.6. The summed E-state index contributed by atoms with van der Waals surface area (Å²) in [5, 5.41) is 2.08. The fraction of sp³-hybridized carbons (Fsp3) is 0.250. The van der Waals surface area contributed by atoms with Crippen molar-refractivity contribution in [2.45, 2.75) is 13.8 Å². The Kier molecular flexibility index (Phi) is 2.58. The molecular weight excluding hydrogens is 178 g/mol. The SMILES string of the molecule is Cc1[c]nc(Cl)c(C)c1C=S. The smallest absolute Gasteiger partial charge is 0.133 e. The molecule has 1 radical (unpaired) electrons. The second-order valence-corrected chi connectivity index (χ2v) is 2.89. The van der Waals surface area contributed by atoms with Crippen LogP contribution in [0.25, 0.3) is 0 Å². The van der Waals surface area contributed by atoms with Crippen LogP contribution in [0.4, 0.5) is 0 Å². The van der Waals surface area contributed by atoms with Crippen molar-refractivity contribution in [3.63, 3.8) is 0 Å². The van der Waals surface area contributed by atoms with Gasteiger partial charge >= 0.3 is 0 Å². The van der Waals surface area contributed by atoms with Gasteiger partial charge in [0.2, 0.25) is 0 Å². The maximum atomic E-state index is 5.76. The molecular formula is C8H7ClNS. The minimum absolute atomic E-state index is 0.478. The summed E-state index contributed by atoms with van der Waals surface area (Å²) in [4.78, 5) is 3.86. The van der Waals surface area contributed by atoms with Gasteiger partial charge in [0.25, 0.3) is 0 Å². The average molecular weight is 185 g/mol. The summed E-state index contributed by atoms with van der Waals surface area (Å²) in [6, 6.07) is 0. The number of pyridine rings is 1. The second-order valence-electron chi connectivity index (χ2n) is 2.30. The molecule has 0 aliphatic heterocycles. The molecule has 0 bridgehead atoms. The highest BCUT2D eigenvalue weighted by Crippen LogP contribution is 2.17. The molecule has 1 rings (SSSR count). The van der Waals surface area contributed by atoms with Gasteiger partial charge in [-0.05, 0) is 30.5 Å². The van der Waals surface area contributed by atoms with Gasteiger partial charge in [0, 0.05) is 5.37 Å². The standard InChI is InChI=1S/C8H7ClNS/c1-5-3-10-8(9)6(2)7(5)4-11/h4H,1-2H3. The molecule has 1 heterocycles. The van der Waals surface area contributed by atoms with E-state index in [9.17, 15) is 0 Å². The van der Waals surface area contributed by atoms with E-state index in [1.54, 1.807) is 5.37 Å². The predicted octanol–water partition coefficient (Wildman–Crippen LogP) is 2.50. The molecule has 0 saturated carbocycles. The minimum atomic E-state index is 0.478. The quantitative estimate of drug-likeness (QED) is 0.492. The van der Waals surface area contributed by atoms with E-state index in [0.717, 1.165) is 16.7 Å². The molecule has 0 unspecified atom stereocenters. The Bertz CT molecular complexity index is 296. The Morgan fingerprint density at radius 2 is 2.18 bits per heavy atom. The van der Waals surface area contributed by atoms with Crippen LogP contribution in [-0.4, -0.2) is 10.4 Å². The zero-order valence-corrected chi connectivity index (χ0v) is 7.88. The lowest BCUT2D eigenvalue weighted by Crippen LogP contribution is -1.94. The zero-order chi connectivity index (χ0) is 8.43. The maximum Gasteiger partial charge on any atom is 0.133 e. The second kappa shape index (κ2) is 3.28. The van der Waals surface area contributed by atoms with Crippen LogP contribution in [0.1, 0.15) is 16.7 Å². The lowest BCUT2D eigenvalue weighted by molar-refractivity contribution is 1.20. The summed E-state index contributed by atoms with van der Waals surface area (Å²) in [7, 11) is 0. The molecule has 0 aliphatic carbocycles. The first-order valence-electron chi connectivity index (χ1n) is 3.16. The molecule has 0 N–H and O–H groups in total. The minimum Gasteiger partial charge on any atom is -0.234 e. The molecule has 0 aromatic carbocycles. The molecule has 57 valence electrons. The highest BCUT2D eigenvalue weighted by Gasteiger charge is 2.03. The number of aromatic nitrogens is 1. The van der Waals surface area contributed by atoms with Gasteiger partial charge < -0.3 is 0 Å². The molecule has 3 heteroatoms. The molecule has 0 fully saturated rings. The fourth-order valence-corrected chi connectivity index (χ4v) is 1.34. The molecule has 11 heavy (non-hydrogen) atoms.